The van der Waals surface area contributed by atoms with E-state index in [9.17, 15) is 25.5 Å². The second kappa shape index (κ2) is 7.14. The van der Waals surface area contributed by atoms with Gasteiger partial charge >= 0.3 is 0 Å². The molecule has 0 aromatic rings. The summed E-state index contributed by atoms with van der Waals surface area (Å²) >= 11 is 0. The number of hydrogen-bond acceptors (Lipinski definition) is 9. The number of piperidine rings is 1. The summed E-state index contributed by atoms with van der Waals surface area (Å²) in [5.41, 5.74) is -4.44. The summed E-state index contributed by atoms with van der Waals surface area (Å²) in [7, 11) is 4.73. The maximum atomic E-state index is 12.6. The molecule has 1 spiro atoms. The van der Waals surface area contributed by atoms with Crippen molar-refractivity contribution < 1.29 is 39.7 Å². The molecule has 6 fully saturated rings. The lowest BCUT2D eigenvalue weighted by Gasteiger charge is -2.70. The zero-order valence-electron chi connectivity index (χ0n) is 20.8. The molecule has 9 nitrogen and oxygen atoms in total. The molecule has 194 valence electrons. The number of likely N-dealkylation sites (tertiary alicyclic amines) is 1. The minimum Gasteiger partial charge on any atom is -0.392 e. The third kappa shape index (κ3) is 2.11. The molecule has 5 aliphatic carbocycles. The Morgan fingerprint density at radius 3 is 2.21 bits per heavy atom. The largest absolute Gasteiger partial charge is 0.392 e. The van der Waals surface area contributed by atoms with Crippen molar-refractivity contribution in [1.29, 1.82) is 0 Å². The van der Waals surface area contributed by atoms with E-state index in [0.717, 1.165) is 6.42 Å². The summed E-state index contributed by atoms with van der Waals surface area (Å²) in [6.07, 6.45) is -3.76. The van der Waals surface area contributed by atoms with Crippen LogP contribution in [0.25, 0.3) is 0 Å². The van der Waals surface area contributed by atoms with Gasteiger partial charge in [-0.1, -0.05) is 13.8 Å². The van der Waals surface area contributed by atoms with Crippen LogP contribution in [0.5, 0.6) is 0 Å². The van der Waals surface area contributed by atoms with Crippen LogP contribution in [0, 0.1) is 34.5 Å². The standard InChI is InChI=1S/C25H41NO8/c1-6-22-10-26(7-2)18-15-16(33-4)17(22)24(18,13(32-3)8-12(22)27)11-9-23(30)19(28)14(11)25(15,31)20(29)21(23)34-5/h11-21,27-31H,6-10H2,1-5H3/t11-,12-,13+,14-,15?,16?,17-,18-,19-,20+,21+,22-,23-,24+,25-/m1/s1. The zero-order valence-corrected chi connectivity index (χ0v) is 20.8. The van der Waals surface area contributed by atoms with Crippen molar-refractivity contribution >= 4 is 0 Å². The number of aliphatic hydroxyl groups excluding tert-OH is 3. The fraction of sp³-hybridized carbons (Fsp3) is 1.00. The van der Waals surface area contributed by atoms with E-state index in [1.54, 1.807) is 14.2 Å². The summed E-state index contributed by atoms with van der Waals surface area (Å²) < 4.78 is 18.0. The van der Waals surface area contributed by atoms with E-state index in [1.165, 1.54) is 7.11 Å². The molecule has 15 atom stereocenters. The van der Waals surface area contributed by atoms with Gasteiger partial charge in [0.25, 0.3) is 0 Å². The van der Waals surface area contributed by atoms with Crippen molar-refractivity contribution in [3.05, 3.63) is 0 Å². The van der Waals surface area contributed by atoms with E-state index in [-0.39, 0.29) is 30.4 Å². The number of hydrogen-bond donors (Lipinski definition) is 5. The van der Waals surface area contributed by atoms with Gasteiger partial charge in [-0.25, -0.2) is 0 Å². The Kier molecular flexibility index (Phi) is 5.04. The summed E-state index contributed by atoms with van der Waals surface area (Å²) in [5.74, 6) is -1.77. The fourth-order valence-electron chi connectivity index (χ4n) is 11.1. The lowest BCUT2D eigenvalue weighted by molar-refractivity contribution is -0.319. The highest BCUT2D eigenvalue weighted by Crippen LogP contribution is 2.80. The van der Waals surface area contributed by atoms with Gasteiger partial charge in [-0.3, -0.25) is 4.90 Å². The van der Waals surface area contributed by atoms with E-state index in [2.05, 4.69) is 18.7 Å². The number of aliphatic hydroxyl groups is 5. The van der Waals surface area contributed by atoms with Gasteiger partial charge in [-0.2, -0.15) is 0 Å². The van der Waals surface area contributed by atoms with E-state index >= 15 is 0 Å². The SMILES string of the molecule is CCN1C[C@]2(CC)[C@H](O)C[C@H](OC)[C@@]34[C@@H]5C[C@@]6(O)[C@H](O)[C@@H]5[C@@](O)(C(C(OC)[C@H]23)[C@@H]14)[C@@H](O)[C@@H]6OC. The molecule has 7 bridgehead atoms. The highest BCUT2D eigenvalue weighted by molar-refractivity contribution is 5.39. The highest BCUT2D eigenvalue weighted by Gasteiger charge is 2.90. The molecule has 6 aliphatic rings. The predicted octanol–water partition coefficient (Wildman–Crippen LogP) is -1.02. The molecule has 1 saturated heterocycles. The van der Waals surface area contributed by atoms with Crippen molar-refractivity contribution in [3.8, 4) is 0 Å². The summed E-state index contributed by atoms with van der Waals surface area (Å²) in [6.45, 7) is 5.58. The van der Waals surface area contributed by atoms with Gasteiger partial charge in [0.05, 0.1) is 24.4 Å². The minimum absolute atomic E-state index is 0.149. The fourth-order valence-corrected chi connectivity index (χ4v) is 11.1. The molecule has 34 heavy (non-hydrogen) atoms. The zero-order chi connectivity index (χ0) is 24.6. The monoisotopic (exact) mass is 483 g/mol. The number of nitrogens with zero attached hydrogens (tertiary/aromatic N) is 1. The van der Waals surface area contributed by atoms with Gasteiger partial charge in [0.1, 0.15) is 23.4 Å². The highest BCUT2D eigenvalue weighted by atomic mass is 16.5. The second-order valence-electron chi connectivity index (χ2n) is 12.0. The summed E-state index contributed by atoms with van der Waals surface area (Å²) in [5, 5.41) is 59.2. The molecule has 0 aromatic heterocycles. The Morgan fingerprint density at radius 2 is 1.65 bits per heavy atom. The van der Waals surface area contributed by atoms with Crippen LogP contribution in [-0.2, 0) is 14.2 Å². The first-order valence-corrected chi connectivity index (χ1v) is 12.9. The first-order valence-electron chi connectivity index (χ1n) is 12.9. The molecule has 0 amide bonds. The van der Waals surface area contributed by atoms with Crippen molar-refractivity contribution in [1.82, 2.24) is 4.90 Å². The lowest BCUT2D eigenvalue weighted by atomic mass is 9.42. The normalized spacial score (nSPS) is 63.9. The van der Waals surface area contributed by atoms with Gasteiger partial charge in [0.15, 0.2) is 0 Å². The van der Waals surface area contributed by atoms with Gasteiger partial charge in [0.2, 0.25) is 0 Å². The van der Waals surface area contributed by atoms with Gasteiger partial charge in [-0.15, -0.1) is 0 Å². The smallest absolute Gasteiger partial charge is 0.120 e. The minimum atomic E-state index is -1.72. The van der Waals surface area contributed by atoms with Crippen LogP contribution in [0.2, 0.25) is 0 Å². The van der Waals surface area contributed by atoms with Gasteiger partial charge in [0, 0.05) is 68.9 Å². The molecule has 1 aliphatic heterocycles. The maximum absolute atomic E-state index is 12.6. The third-order valence-electron chi connectivity index (χ3n) is 11.9. The molecule has 1 heterocycles. The average molecular weight is 484 g/mol. The Labute approximate surface area is 201 Å². The molecule has 2 unspecified atom stereocenters. The van der Waals surface area contributed by atoms with Crippen LogP contribution in [0.1, 0.15) is 33.1 Å². The van der Waals surface area contributed by atoms with Gasteiger partial charge in [-0.05, 0) is 25.3 Å². The van der Waals surface area contributed by atoms with Crippen molar-refractivity contribution in [2.24, 2.45) is 34.5 Å². The van der Waals surface area contributed by atoms with Crippen LogP contribution in [-0.4, -0.2) is 119 Å². The molecule has 5 N–H and O–H groups in total. The van der Waals surface area contributed by atoms with E-state index in [1.807, 2.05) is 0 Å². The third-order valence-corrected chi connectivity index (χ3v) is 11.9. The molecule has 9 heteroatoms. The first-order chi connectivity index (χ1) is 16.1. The molecule has 0 aromatic carbocycles. The topological polar surface area (TPSA) is 132 Å². The average Bonchev–Trinajstić information content (AvgIpc) is 3.18. The molecule has 6 rings (SSSR count). The molecule has 5 saturated carbocycles. The number of rotatable bonds is 5. The van der Waals surface area contributed by atoms with Crippen molar-refractivity contribution in [2.45, 2.75) is 87.0 Å². The van der Waals surface area contributed by atoms with Crippen molar-refractivity contribution in [3.63, 3.8) is 0 Å². The van der Waals surface area contributed by atoms with Crippen molar-refractivity contribution in [2.75, 3.05) is 34.4 Å². The first kappa shape index (κ1) is 24.0. The Bertz CT molecular complexity index is 861. The van der Waals surface area contributed by atoms with E-state index < -0.39 is 64.4 Å². The van der Waals surface area contributed by atoms with Crippen LogP contribution >= 0.6 is 0 Å². The molecule has 0 radical (unpaired) electrons. The van der Waals surface area contributed by atoms with Crippen LogP contribution in [0.4, 0.5) is 0 Å². The van der Waals surface area contributed by atoms with E-state index in [4.69, 9.17) is 14.2 Å². The lowest BCUT2D eigenvalue weighted by Crippen LogP contribution is -2.80. The van der Waals surface area contributed by atoms with Crippen LogP contribution in [0.15, 0.2) is 0 Å². The van der Waals surface area contributed by atoms with Gasteiger partial charge < -0.3 is 39.7 Å². The number of fused-ring (bicyclic) bond motifs is 2. The molecular formula is C25H41NO8. The Hall–Kier alpha value is -0.360. The predicted molar refractivity (Wildman–Crippen MR) is 120 cm³/mol. The summed E-state index contributed by atoms with van der Waals surface area (Å²) in [6, 6.07) is -0.185. The number of methoxy groups -OCH3 is 3. The number of ether oxygens (including phenoxy) is 3. The molecular weight excluding hydrogens is 442 g/mol. The summed E-state index contributed by atoms with van der Waals surface area (Å²) in [4.78, 5) is 2.35. The second-order valence-corrected chi connectivity index (χ2v) is 12.0. The van der Waals surface area contributed by atoms with Crippen LogP contribution < -0.4 is 0 Å². The Balaban J connectivity index is 1.69. The Morgan fingerprint density at radius 1 is 0.941 bits per heavy atom. The van der Waals surface area contributed by atoms with E-state index in [0.29, 0.717) is 19.5 Å². The van der Waals surface area contributed by atoms with Crippen LogP contribution in [0.3, 0.4) is 0 Å². The quantitative estimate of drug-likeness (QED) is 0.333. The maximum Gasteiger partial charge on any atom is 0.120 e.